The van der Waals surface area contributed by atoms with E-state index < -0.39 is 0 Å². The summed E-state index contributed by atoms with van der Waals surface area (Å²) in [6.07, 6.45) is 1.69. The molecular weight excluding hydrogens is 334 g/mol. The lowest BCUT2D eigenvalue weighted by atomic mass is 10.1. The zero-order valence-electron chi connectivity index (χ0n) is 16.1. The van der Waals surface area contributed by atoms with Gasteiger partial charge in [0.15, 0.2) is 0 Å². The number of nitrogens with zero attached hydrogens (tertiary/aromatic N) is 2. The van der Waals surface area contributed by atoms with Gasteiger partial charge in [0.05, 0.1) is 0 Å². The highest BCUT2D eigenvalue weighted by molar-refractivity contribution is 5.93. The lowest BCUT2D eigenvalue weighted by molar-refractivity contribution is 0.0946. The van der Waals surface area contributed by atoms with E-state index in [-0.39, 0.29) is 5.91 Å². The summed E-state index contributed by atoms with van der Waals surface area (Å²) in [6.45, 7) is 7.51. The Morgan fingerprint density at radius 1 is 0.963 bits per heavy atom. The number of benzene rings is 2. The fraction of sp³-hybridized carbons (Fsp3) is 0.217. The van der Waals surface area contributed by atoms with Crippen molar-refractivity contribution >= 4 is 17.3 Å². The molecule has 2 aromatic carbocycles. The van der Waals surface area contributed by atoms with Gasteiger partial charge in [-0.1, -0.05) is 42.0 Å². The first-order valence-corrected chi connectivity index (χ1v) is 9.21. The molecule has 0 aliphatic rings. The zero-order valence-corrected chi connectivity index (χ0v) is 16.1. The molecule has 3 rings (SSSR count). The number of carbonyl (C=O) groups is 1. The Bertz CT molecular complexity index is 936. The van der Waals surface area contributed by atoms with E-state index in [1.54, 1.807) is 6.20 Å². The number of hydrogen-bond donors (Lipinski definition) is 1. The normalized spacial score (nSPS) is 10.5. The van der Waals surface area contributed by atoms with E-state index >= 15 is 0 Å². The van der Waals surface area contributed by atoms with Gasteiger partial charge in [-0.2, -0.15) is 0 Å². The largest absolute Gasteiger partial charge is 0.347 e. The number of anilines is 2. The van der Waals surface area contributed by atoms with Crippen LogP contribution in [0.2, 0.25) is 0 Å². The summed E-state index contributed by atoms with van der Waals surface area (Å²) in [4.78, 5) is 19.0. The lowest BCUT2D eigenvalue weighted by Crippen LogP contribution is -2.24. The van der Waals surface area contributed by atoms with Crippen molar-refractivity contribution in [1.82, 2.24) is 10.3 Å². The number of amides is 1. The van der Waals surface area contributed by atoms with Gasteiger partial charge in [-0.15, -0.1) is 0 Å². The van der Waals surface area contributed by atoms with Gasteiger partial charge in [0.1, 0.15) is 5.69 Å². The molecule has 0 spiro atoms. The first kappa shape index (κ1) is 18.6. The molecule has 0 saturated carbocycles. The number of nitrogens with one attached hydrogen (secondary N) is 1. The molecule has 3 aromatic rings. The second-order valence-electron chi connectivity index (χ2n) is 6.65. The second kappa shape index (κ2) is 8.49. The number of aryl methyl sites for hydroxylation is 2. The van der Waals surface area contributed by atoms with Crippen molar-refractivity contribution in [2.24, 2.45) is 0 Å². The predicted octanol–water partition coefficient (Wildman–Crippen LogP) is 4.79. The third kappa shape index (κ3) is 4.73. The molecule has 0 saturated heterocycles. The Hall–Kier alpha value is -3.14. The summed E-state index contributed by atoms with van der Waals surface area (Å²) in [5.74, 6) is -0.168. The maximum absolute atomic E-state index is 12.6. The average molecular weight is 359 g/mol. The standard InChI is InChI=1S/C23H25N3O/c1-4-26(20-10-6-8-18(3)14-20)21-11-12-24-22(15-21)23(27)25-16-19-9-5-7-17(2)13-19/h5-15H,4,16H2,1-3H3,(H,25,27). The predicted molar refractivity (Wildman–Crippen MR) is 110 cm³/mol. The molecule has 0 aliphatic heterocycles. The van der Waals surface area contributed by atoms with Gasteiger partial charge in [-0.3, -0.25) is 9.78 Å². The molecule has 0 aliphatic carbocycles. The molecule has 0 fully saturated rings. The Morgan fingerprint density at radius 3 is 2.37 bits per heavy atom. The Kier molecular flexibility index (Phi) is 5.87. The van der Waals surface area contributed by atoms with E-state index in [2.05, 4.69) is 53.3 Å². The van der Waals surface area contributed by atoms with Crippen molar-refractivity contribution in [2.75, 3.05) is 11.4 Å². The van der Waals surface area contributed by atoms with Crippen LogP contribution in [0.4, 0.5) is 11.4 Å². The van der Waals surface area contributed by atoms with Crippen LogP contribution in [0, 0.1) is 13.8 Å². The minimum Gasteiger partial charge on any atom is -0.347 e. The van der Waals surface area contributed by atoms with Crippen molar-refractivity contribution < 1.29 is 4.79 Å². The summed E-state index contributed by atoms with van der Waals surface area (Å²) < 4.78 is 0. The quantitative estimate of drug-likeness (QED) is 0.688. The monoisotopic (exact) mass is 359 g/mol. The third-order valence-corrected chi connectivity index (χ3v) is 4.45. The fourth-order valence-electron chi connectivity index (χ4n) is 3.12. The smallest absolute Gasteiger partial charge is 0.270 e. The van der Waals surface area contributed by atoms with Crippen LogP contribution in [-0.2, 0) is 6.54 Å². The van der Waals surface area contributed by atoms with E-state index in [1.807, 2.05) is 43.3 Å². The number of pyridine rings is 1. The number of hydrogen-bond acceptors (Lipinski definition) is 3. The number of carbonyl (C=O) groups excluding carboxylic acids is 1. The summed E-state index contributed by atoms with van der Waals surface area (Å²) in [7, 11) is 0. The fourth-order valence-corrected chi connectivity index (χ4v) is 3.12. The van der Waals surface area contributed by atoms with Crippen molar-refractivity contribution in [3.63, 3.8) is 0 Å². The first-order chi connectivity index (χ1) is 13.1. The summed E-state index contributed by atoms with van der Waals surface area (Å²) in [5, 5.41) is 2.96. The van der Waals surface area contributed by atoms with Crippen LogP contribution in [0.1, 0.15) is 34.1 Å². The molecule has 4 nitrogen and oxygen atoms in total. The van der Waals surface area contributed by atoms with Gasteiger partial charge in [-0.05, 0) is 56.2 Å². The Balaban J connectivity index is 1.76. The Labute approximate surface area is 160 Å². The number of aromatic nitrogens is 1. The summed E-state index contributed by atoms with van der Waals surface area (Å²) >= 11 is 0. The zero-order chi connectivity index (χ0) is 19.2. The molecule has 27 heavy (non-hydrogen) atoms. The van der Waals surface area contributed by atoms with Crippen LogP contribution >= 0.6 is 0 Å². The molecule has 1 heterocycles. The number of rotatable bonds is 6. The molecule has 0 atom stereocenters. The minimum atomic E-state index is -0.168. The van der Waals surface area contributed by atoms with Crippen molar-refractivity contribution in [1.29, 1.82) is 0 Å². The highest BCUT2D eigenvalue weighted by Crippen LogP contribution is 2.25. The summed E-state index contributed by atoms with van der Waals surface area (Å²) in [5.41, 5.74) is 5.95. The van der Waals surface area contributed by atoms with E-state index in [4.69, 9.17) is 0 Å². The molecule has 0 radical (unpaired) electrons. The molecule has 138 valence electrons. The van der Waals surface area contributed by atoms with E-state index in [0.29, 0.717) is 12.2 Å². The summed E-state index contributed by atoms with van der Waals surface area (Å²) in [6, 6.07) is 20.2. The maximum atomic E-state index is 12.6. The van der Waals surface area contributed by atoms with Crippen LogP contribution in [-0.4, -0.2) is 17.4 Å². The molecule has 4 heteroatoms. The third-order valence-electron chi connectivity index (χ3n) is 4.45. The molecule has 0 bridgehead atoms. The Morgan fingerprint density at radius 2 is 1.67 bits per heavy atom. The van der Waals surface area contributed by atoms with Crippen LogP contribution in [0.5, 0.6) is 0 Å². The van der Waals surface area contributed by atoms with Crippen LogP contribution in [0.3, 0.4) is 0 Å². The van der Waals surface area contributed by atoms with Gasteiger partial charge in [0.2, 0.25) is 0 Å². The van der Waals surface area contributed by atoms with Crippen LogP contribution in [0.15, 0.2) is 66.9 Å². The van der Waals surface area contributed by atoms with Crippen LogP contribution < -0.4 is 10.2 Å². The van der Waals surface area contributed by atoms with E-state index in [1.165, 1.54) is 11.1 Å². The molecule has 1 aromatic heterocycles. The molecular formula is C23H25N3O. The van der Waals surface area contributed by atoms with Gasteiger partial charge in [0, 0.05) is 30.7 Å². The SMILES string of the molecule is CCN(c1cccc(C)c1)c1ccnc(C(=O)NCc2cccc(C)c2)c1. The van der Waals surface area contributed by atoms with Crippen molar-refractivity contribution in [3.8, 4) is 0 Å². The first-order valence-electron chi connectivity index (χ1n) is 9.21. The van der Waals surface area contributed by atoms with Crippen molar-refractivity contribution in [3.05, 3.63) is 89.2 Å². The van der Waals surface area contributed by atoms with Crippen LogP contribution in [0.25, 0.3) is 0 Å². The van der Waals surface area contributed by atoms with Crippen molar-refractivity contribution in [2.45, 2.75) is 27.3 Å². The second-order valence-corrected chi connectivity index (χ2v) is 6.65. The molecule has 0 unspecified atom stereocenters. The van der Waals surface area contributed by atoms with Gasteiger partial charge in [-0.25, -0.2) is 0 Å². The van der Waals surface area contributed by atoms with Gasteiger partial charge in [0.25, 0.3) is 5.91 Å². The molecule has 1 amide bonds. The molecule has 1 N–H and O–H groups in total. The highest BCUT2D eigenvalue weighted by Gasteiger charge is 2.12. The highest BCUT2D eigenvalue weighted by atomic mass is 16.1. The van der Waals surface area contributed by atoms with Gasteiger partial charge < -0.3 is 10.2 Å². The average Bonchev–Trinajstić information content (AvgIpc) is 2.67. The topological polar surface area (TPSA) is 45.2 Å². The van der Waals surface area contributed by atoms with E-state index in [9.17, 15) is 4.79 Å². The minimum absolute atomic E-state index is 0.168. The van der Waals surface area contributed by atoms with E-state index in [0.717, 1.165) is 23.5 Å². The maximum Gasteiger partial charge on any atom is 0.270 e. The lowest BCUT2D eigenvalue weighted by Gasteiger charge is -2.24. The van der Waals surface area contributed by atoms with Gasteiger partial charge >= 0.3 is 0 Å².